The van der Waals surface area contributed by atoms with E-state index in [0.29, 0.717) is 24.5 Å². The molecule has 1 aromatic rings. The number of hydrogen-bond donors (Lipinski definition) is 2. The molecule has 94 valence electrons. The van der Waals surface area contributed by atoms with Gasteiger partial charge in [0.05, 0.1) is 12.7 Å². The second kappa shape index (κ2) is 7.27. The quantitative estimate of drug-likeness (QED) is 0.465. The molecule has 0 aliphatic carbocycles. The van der Waals surface area contributed by atoms with Crippen LogP contribution < -0.4 is 11.3 Å². The highest BCUT2D eigenvalue weighted by molar-refractivity contribution is 6.30. The largest absolute Gasteiger partial charge is 0.374 e. The van der Waals surface area contributed by atoms with Gasteiger partial charge in [-0.25, -0.2) is 5.84 Å². The van der Waals surface area contributed by atoms with Crippen LogP contribution in [0.3, 0.4) is 0 Å². The summed E-state index contributed by atoms with van der Waals surface area (Å²) in [7, 11) is 0. The van der Waals surface area contributed by atoms with Gasteiger partial charge in [0.15, 0.2) is 0 Å². The zero-order chi connectivity index (χ0) is 12.7. The van der Waals surface area contributed by atoms with Gasteiger partial charge in [-0.05, 0) is 31.0 Å². The van der Waals surface area contributed by atoms with Gasteiger partial charge in [0, 0.05) is 11.4 Å². The SMILES string of the molecule is CC(CCC(=O)NN)OCc1cccc(Cl)c1. The second-order valence-corrected chi connectivity index (χ2v) is 4.29. The Hall–Kier alpha value is -1.10. The first kappa shape index (κ1) is 14.0. The van der Waals surface area contributed by atoms with Gasteiger partial charge < -0.3 is 4.74 Å². The summed E-state index contributed by atoms with van der Waals surface area (Å²) < 4.78 is 5.60. The van der Waals surface area contributed by atoms with Crippen LogP contribution in [0, 0.1) is 0 Å². The van der Waals surface area contributed by atoms with Crippen molar-refractivity contribution in [3.8, 4) is 0 Å². The molecule has 3 N–H and O–H groups in total. The minimum atomic E-state index is -0.178. The number of rotatable bonds is 6. The van der Waals surface area contributed by atoms with E-state index in [1.807, 2.05) is 31.2 Å². The van der Waals surface area contributed by atoms with Gasteiger partial charge in [0.1, 0.15) is 0 Å². The van der Waals surface area contributed by atoms with Crippen LogP contribution in [0.2, 0.25) is 5.02 Å². The molecular weight excluding hydrogens is 240 g/mol. The molecule has 0 saturated carbocycles. The lowest BCUT2D eigenvalue weighted by atomic mass is 10.2. The molecule has 0 aliphatic heterocycles. The molecule has 1 atom stereocenters. The molecule has 1 unspecified atom stereocenters. The fraction of sp³-hybridized carbons (Fsp3) is 0.417. The van der Waals surface area contributed by atoms with E-state index in [1.165, 1.54) is 0 Å². The van der Waals surface area contributed by atoms with Crippen molar-refractivity contribution in [2.24, 2.45) is 5.84 Å². The predicted octanol–water partition coefficient (Wildman–Crippen LogP) is 2.02. The monoisotopic (exact) mass is 256 g/mol. The first-order valence-electron chi connectivity index (χ1n) is 5.47. The molecule has 5 heteroatoms. The second-order valence-electron chi connectivity index (χ2n) is 3.86. The van der Waals surface area contributed by atoms with Gasteiger partial charge in [-0.15, -0.1) is 0 Å². The minimum Gasteiger partial charge on any atom is -0.374 e. The molecule has 0 saturated heterocycles. The Morgan fingerprint density at radius 3 is 3.00 bits per heavy atom. The molecule has 0 radical (unpaired) electrons. The van der Waals surface area contributed by atoms with E-state index in [-0.39, 0.29) is 12.0 Å². The highest BCUT2D eigenvalue weighted by atomic mass is 35.5. The van der Waals surface area contributed by atoms with Gasteiger partial charge in [0.25, 0.3) is 0 Å². The van der Waals surface area contributed by atoms with Gasteiger partial charge in [-0.2, -0.15) is 0 Å². The van der Waals surface area contributed by atoms with Crippen LogP contribution in [0.5, 0.6) is 0 Å². The number of amides is 1. The Bertz CT molecular complexity index is 371. The van der Waals surface area contributed by atoms with Gasteiger partial charge in [-0.3, -0.25) is 10.2 Å². The minimum absolute atomic E-state index is 0.00582. The van der Waals surface area contributed by atoms with E-state index < -0.39 is 0 Å². The third-order valence-corrected chi connectivity index (χ3v) is 2.60. The van der Waals surface area contributed by atoms with E-state index in [1.54, 1.807) is 0 Å². The summed E-state index contributed by atoms with van der Waals surface area (Å²) in [6.07, 6.45) is 1.02. The van der Waals surface area contributed by atoms with Crippen LogP contribution >= 0.6 is 11.6 Å². The highest BCUT2D eigenvalue weighted by Crippen LogP contribution is 2.13. The molecule has 1 amide bonds. The maximum absolute atomic E-state index is 10.9. The lowest BCUT2D eigenvalue weighted by Gasteiger charge is -2.12. The van der Waals surface area contributed by atoms with Crippen molar-refractivity contribution in [3.05, 3.63) is 34.9 Å². The van der Waals surface area contributed by atoms with Gasteiger partial charge in [-0.1, -0.05) is 23.7 Å². The third-order valence-electron chi connectivity index (χ3n) is 2.36. The molecule has 1 rings (SSSR count). The lowest BCUT2D eigenvalue weighted by Crippen LogP contribution is -2.30. The smallest absolute Gasteiger partial charge is 0.233 e. The summed E-state index contributed by atoms with van der Waals surface area (Å²) in [5.74, 6) is 4.81. The first-order chi connectivity index (χ1) is 8.11. The number of halogens is 1. The molecule has 0 heterocycles. The van der Waals surface area contributed by atoms with E-state index in [9.17, 15) is 4.79 Å². The molecule has 0 spiro atoms. The van der Waals surface area contributed by atoms with Crippen LogP contribution in [-0.4, -0.2) is 12.0 Å². The van der Waals surface area contributed by atoms with Crippen LogP contribution in [0.1, 0.15) is 25.3 Å². The maximum Gasteiger partial charge on any atom is 0.233 e. The van der Waals surface area contributed by atoms with Crippen molar-refractivity contribution in [1.82, 2.24) is 5.43 Å². The molecule has 0 fully saturated rings. The summed E-state index contributed by atoms with van der Waals surface area (Å²) in [5, 5.41) is 0.696. The Labute approximate surface area is 106 Å². The van der Waals surface area contributed by atoms with Gasteiger partial charge >= 0.3 is 0 Å². The average Bonchev–Trinajstić information content (AvgIpc) is 2.33. The Balaban J connectivity index is 2.28. The summed E-state index contributed by atoms with van der Waals surface area (Å²) >= 11 is 5.86. The first-order valence-corrected chi connectivity index (χ1v) is 5.85. The molecule has 0 bridgehead atoms. The lowest BCUT2D eigenvalue weighted by molar-refractivity contribution is -0.121. The van der Waals surface area contributed by atoms with E-state index in [2.05, 4.69) is 5.43 Å². The van der Waals surface area contributed by atoms with E-state index in [0.717, 1.165) is 5.56 Å². The summed E-state index contributed by atoms with van der Waals surface area (Å²) in [4.78, 5) is 10.9. The highest BCUT2D eigenvalue weighted by Gasteiger charge is 2.06. The number of hydrogen-bond acceptors (Lipinski definition) is 3. The normalized spacial score (nSPS) is 12.2. The molecule has 0 aliphatic rings. The third kappa shape index (κ3) is 5.68. The topological polar surface area (TPSA) is 64.4 Å². The molecule has 0 aromatic heterocycles. The van der Waals surface area contributed by atoms with Crippen molar-refractivity contribution in [1.29, 1.82) is 0 Å². The summed E-state index contributed by atoms with van der Waals surface area (Å²) in [6.45, 7) is 2.42. The van der Waals surface area contributed by atoms with Crippen LogP contribution in [0.25, 0.3) is 0 Å². The number of carbonyl (C=O) groups is 1. The van der Waals surface area contributed by atoms with E-state index in [4.69, 9.17) is 22.2 Å². The number of hydrazine groups is 1. The van der Waals surface area contributed by atoms with Crippen molar-refractivity contribution >= 4 is 17.5 Å². The van der Waals surface area contributed by atoms with Crippen molar-refractivity contribution in [2.75, 3.05) is 0 Å². The Morgan fingerprint density at radius 2 is 2.35 bits per heavy atom. The van der Waals surface area contributed by atoms with Crippen molar-refractivity contribution in [3.63, 3.8) is 0 Å². The number of nitrogens with two attached hydrogens (primary N) is 1. The fourth-order valence-corrected chi connectivity index (χ4v) is 1.57. The Kier molecular flexibility index (Phi) is 5.97. The van der Waals surface area contributed by atoms with Crippen molar-refractivity contribution < 1.29 is 9.53 Å². The number of nitrogens with one attached hydrogen (secondary N) is 1. The summed E-state index contributed by atoms with van der Waals surface area (Å²) in [5.41, 5.74) is 3.11. The number of carbonyl (C=O) groups excluding carboxylic acids is 1. The van der Waals surface area contributed by atoms with Gasteiger partial charge in [0.2, 0.25) is 5.91 Å². The Morgan fingerprint density at radius 1 is 1.59 bits per heavy atom. The summed E-state index contributed by atoms with van der Waals surface area (Å²) in [6, 6.07) is 7.51. The molecule has 4 nitrogen and oxygen atoms in total. The molecule has 17 heavy (non-hydrogen) atoms. The van der Waals surface area contributed by atoms with E-state index >= 15 is 0 Å². The molecule has 1 aromatic carbocycles. The average molecular weight is 257 g/mol. The van der Waals surface area contributed by atoms with Crippen LogP contribution in [0.15, 0.2) is 24.3 Å². The van der Waals surface area contributed by atoms with Crippen LogP contribution in [0.4, 0.5) is 0 Å². The maximum atomic E-state index is 10.9. The zero-order valence-electron chi connectivity index (χ0n) is 9.78. The standard InChI is InChI=1S/C12H17ClN2O2/c1-9(5-6-12(16)15-14)17-8-10-3-2-4-11(13)7-10/h2-4,7,9H,5-6,8,14H2,1H3,(H,15,16). The molecular formula is C12H17ClN2O2. The number of ether oxygens (including phenoxy) is 1. The number of benzene rings is 1. The van der Waals surface area contributed by atoms with Crippen molar-refractivity contribution in [2.45, 2.75) is 32.5 Å². The van der Waals surface area contributed by atoms with Crippen LogP contribution in [-0.2, 0) is 16.1 Å². The predicted molar refractivity (Wildman–Crippen MR) is 67.3 cm³/mol. The zero-order valence-corrected chi connectivity index (χ0v) is 10.5. The fourth-order valence-electron chi connectivity index (χ4n) is 1.36.